The number of rotatable bonds is 7. The van der Waals surface area contributed by atoms with E-state index in [9.17, 15) is 9.59 Å². The van der Waals surface area contributed by atoms with Gasteiger partial charge in [-0.05, 0) is 79.2 Å². The number of amides is 1. The van der Waals surface area contributed by atoms with Crippen molar-refractivity contribution in [2.75, 3.05) is 64.1 Å². The van der Waals surface area contributed by atoms with Crippen molar-refractivity contribution < 1.29 is 14.3 Å². The molecule has 0 radical (unpaired) electrons. The van der Waals surface area contributed by atoms with Gasteiger partial charge in [-0.2, -0.15) is 0 Å². The molecule has 6 rings (SSSR count). The SMILES string of the molecule is O=C(NCC1CCN(C2COC2)CC1)c1cccc(Cn2ccc3cc(N4CCOCC4)ccc3c2=O)c1. The molecule has 0 aliphatic carbocycles. The molecule has 200 valence electrons. The quantitative estimate of drug-likeness (QED) is 0.521. The Hall–Kier alpha value is -3.20. The van der Waals surface area contributed by atoms with Gasteiger partial charge in [-0.3, -0.25) is 14.5 Å². The molecule has 1 amide bonds. The summed E-state index contributed by atoms with van der Waals surface area (Å²) in [7, 11) is 0. The minimum Gasteiger partial charge on any atom is -0.378 e. The van der Waals surface area contributed by atoms with E-state index >= 15 is 0 Å². The number of ether oxygens (including phenoxy) is 2. The van der Waals surface area contributed by atoms with Crippen LogP contribution in [0, 0.1) is 5.92 Å². The number of hydrogen-bond donors (Lipinski definition) is 1. The maximum atomic E-state index is 13.2. The summed E-state index contributed by atoms with van der Waals surface area (Å²) in [6.45, 7) is 8.19. The number of fused-ring (bicyclic) bond motifs is 1. The second kappa shape index (κ2) is 11.3. The van der Waals surface area contributed by atoms with E-state index in [-0.39, 0.29) is 11.5 Å². The molecular formula is C30H36N4O4. The average molecular weight is 517 g/mol. The first kappa shape index (κ1) is 25.1. The molecule has 3 aromatic rings. The summed E-state index contributed by atoms with van der Waals surface area (Å²) >= 11 is 0. The molecule has 3 fully saturated rings. The number of pyridine rings is 1. The third kappa shape index (κ3) is 5.48. The van der Waals surface area contributed by atoms with Crippen molar-refractivity contribution in [2.45, 2.75) is 25.4 Å². The molecule has 0 atom stereocenters. The van der Waals surface area contributed by atoms with Gasteiger partial charge < -0.3 is 24.3 Å². The number of morpholine rings is 1. The molecule has 3 saturated heterocycles. The molecule has 1 N–H and O–H groups in total. The Morgan fingerprint density at radius 1 is 0.947 bits per heavy atom. The Kier molecular flexibility index (Phi) is 7.44. The lowest BCUT2D eigenvalue weighted by atomic mass is 9.95. The molecule has 2 aromatic carbocycles. The van der Waals surface area contributed by atoms with Gasteiger partial charge in [0.15, 0.2) is 0 Å². The van der Waals surface area contributed by atoms with E-state index in [1.165, 1.54) is 0 Å². The fraction of sp³-hybridized carbons (Fsp3) is 0.467. The minimum atomic E-state index is -0.0526. The Morgan fingerprint density at radius 3 is 2.53 bits per heavy atom. The molecule has 0 spiro atoms. The topological polar surface area (TPSA) is 76.0 Å². The number of carbonyl (C=O) groups excluding carboxylic acids is 1. The van der Waals surface area contributed by atoms with Crippen molar-refractivity contribution >= 4 is 22.4 Å². The number of anilines is 1. The van der Waals surface area contributed by atoms with Gasteiger partial charge in [-0.15, -0.1) is 0 Å². The van der Waals surface area contributed by atoms with E-state index in [4.69, 9.17) is 9.47 Å². The smallest absolute Gasteiger partial charge is 0.258 e. The highest BCUT2D eigenvalue weighted by atomic mass is 16.5. The summed E-state index contributed by atoms with van der Waals surface area (Å²) in [4.78, 5) is 31.0. The first-order valence-electron chi connectivity index (χ1n) is 13.8. The van der Waals surface area contributed by atoms with Crippen molar-refractivity contribution in [3.8, 4) is 0 Å². The predicted molar refractivity (Wildman–Crippen MR) is 148 cm³/mol. The highest BCUT2D eigenvalue weighted by molar-refractivity contribution is 5.94. The third-order valence-electron chi connectivity index (χ3n) is 8.22. The van der Waals surface area contributed by atoms with Crippen LogP contribution >= 0.6 is 0 Å². The number of nitrogens with one attached hydrogen (secondary N) is 1. The molecule has 1 aromatic heterocycles. The van der Waals surface area contributed by atoms with Crippen LogP contribution in [0.1, 0.15) is 28.8 Å². The van der Waals surface area contributed by atoms with Gasteiger partial charge in [0, 0.05) is 42.5 Å². The van der Waals surface area contributed by atoms with Crippen molar-refractivity contribution in [2.24, 2.45) is 5.92 Å². The summed E-state index contributed by atoms with van der Waals surface area (Å²) in [5.74, 6) is 0.461. The second-order valence-corrected chi connectivity index (χ2v) is 10.7. The average Bonchev–Trinajstić information content (AvgIpc) is 2.93. The van der Waals surface area contributed by atoms with Crippen LogP contribution in [0.2, 0.25) is 0 Å². The van der Waals surface area contributed by atoms with Crippen LogP contribution in [-0.4, -0.2) is 80.6 Å². The second-order valence-electron chi connectivity index (χ2n) is 10.7. The van der Waals surface area contributed by atoms with Gasteiger partial charge in [0.2, 0.25) is 0 Å². The Labute approximate surface area is 223 Å². The lowest BCUT2D eigenvalue weighted by Crippen LogP contribution is -2.52. The van der Waals surface area contributed by atoms with Gasteiger partial charge in [0.1, 0.15) is 0 Å². The van der Waals surface area contributed by atoms with E-state index in [1.807, 2.05) is 48.7 Å². The minimum absolute atomic E-state index is 0.0225. The summed E-state index contributed by atoms with van der Waals surface area (Å²) in [6, 6.07) is 16.2. The van der Waals surface area contributed by atoms with Crippen LogP contribution in [0.15, 0.2) is 59.5 Å². The van der Waals surface area contributed by atoms with Gasteiger partial charge in [-0.1, -0.05) is 12.1 Å². The zero-order valence-electron chi connectivity index (χ0n) is 21.8. The summed E-state index contributed by atoms with van der Waals surface area (Å²) in [5, 5.41) is 4.78. The fourth-order valence-electron chi connectivity index (χ4n) is 5.72. The standard InChI is InChI=1S/C30H36N4O4/c35-29(31-18-22-6-9-32(10-7-22)27-20-38-21-27)25-3-1-2-23(16-25)19-34-11-8-24-17-26(4-5-28(24)30(34)36)33-12-14-37-15-13-33/h1-5,8,11,16-17,22,27H,6-7,9-10,12-15,18-21H2,(H,31,35). The fourth-order valence-corrected chi connectivity index (χ4v) is 5.72. The Bertz CT molecular complexity index is 1340. The molecule has 8 heteroatoms. The van der Waals surface area contributed by atoms with Crippen LogP contribution in [-0.2, 0) is 16.0 Å². The monoisotopic (exact) mass is 516 g/mol. The Balaban J connectivity index is 1.08. The molecule has 4 heterocycles. The molecule has 0 saturated carbocycles. The number of aromatic nitrogens is 1. The molecular weight excluding hydrogens is 480 g/mol. The van der Waals surface area contributed by atoms with E-state index in [0.29, 0.717) is 36.0 Å². The zero-order valence-corrected chi connectivity index (χ0v) is 21.8. The van der Waals surface area contributed by atoms with Crippen LogP contribution < -0.4 is 15.8 Å². The first-order chi connectivity index (χ1) is 18.6. The van der Waals surface area contributed by atoms with Crippen LogP contribution in [0.25, 0.3) is 10.8 Å². The predicted octanol–water partition coefficient (Wildman–Crippen LogP) is 2.73. The highest BCUT2D eigenvalue weighted by Crippen LogP contribution is 2.23. The lowest BCUT2D eigenvalue weighted by molar-refractivity contribution is -0.0735. The van der Waals surface area contributed by atoms with Crippen molar-refractivity contribution in [1.82, 2.24) is 14.8 Å². The number of benzene rings is 2. The zero-order chi connectivity index (χ0) is 25.9. The summed E-state index contributed by atoms with van der Waals surface area (Å²) in [5.41, 5.74) is 2.66. The molecule has 3 aliphatic heterocycles. The first-order valence-corrected chi connectivity index (χ1v) is 13.8. The third-order valence-corrected chi connectivity index (χ3v) is 8.22. The lowest BCUT2D eigenvalue weighted by Gasteiger charge is -2.41. The van der Waals surface area contributed by atoms with Crippen LogP contribution in [0.5, 0.6) is 0 Å². The Morgan fingerprint density at radius 2 is 1.76 bits per heavy atom. The van der Waals surface area contributed by atoms with E-state index in [2.05, 4.69) is 21.2 Å². The van der Waals surface area contributed by atoms with E-state index < -0.39 is 0 Å². The van der Waals surface area contributed by atoms with E-state index in [0.717, 1.165) is 82.1 Å². The van der Waals surface area contributed by atoms with Crippen molar-refractivity contribution in [3.05, 3.63) is 76.2 Å². The van der Waals surface area contributed by atoms with Gasteiger partial charge in [0.05, 0.1) is 39.0 Å². The summed E-state index contributed by atoms with van der Waals surface area (Å²) < 4.78 is 12.5. The molecule has 0 unspecified atom stereocenters. The van der Waals surface area contributed by atoms with Crippen LogP contribution in [0.3, 0.4) is 0 Å². The number of piperidine rings is 1. The van der Waals surface area contributed by atoms with Gasteiger partial charge in [-0.25, -0.2) is 0 Å². The van der Waals surface area contributed by atoms with Crippen molar-refractivity contribution in [3.63, 3.8) is 0 Å². The number of hydrogen-bond acceptors (Lipinski definition) is 6. The molecule has 3 aliphatic rings. The molecule has 8 nitrogen and oxygen atoms in total. The van der Waals surface area contributed by atoms with Gasteiger partial charge in [0.25, 0.3) is 11.5 Å². The molecule has 38 heavy (non-hydrogen) atoms. The van der Waals surface area contributed by atoms with Crippen LogP contribution in [0.4, 0.5) is 5.69 Å². The number of likely N-dealkylation sites (tertiary alicyclic amines) is 1. The van der Waals surface area contributed by atoms with E-state index in [1.54, 1.807) is 4.57 Å². The maximum Gasteiger partial charge on any atom is 0.258 e. The molecule has 0 bridgehead atoms. The largest absolute Gasteiger partial charge is 0.378 e. The van der Waals surface area contributed by atoms with Gasteiger partial charge >= 0.3 is 0 Å². The van der Waals surface area contributed by atoms with Crippen molar-refractivity contribution in [1.29, 1.82) is 0 Å². The normalized spacial score (nSPS) is 19.4. The number of nitrogens with zero attached hydrogens (tertiary/aromatic N) is 3. The maximum absolute atomic E-state index is 13.2. The number of carbonyl (C=O) groups is 1. The summed E-state index contributed by atoms with van der Waals surface area (Å²) in [6.07, 6.45) is 4.06. The highest BCUT2D eigenvalue weighted by Gasteiger charge is 2.29.